The van der Waals surface area contributed by atoms with E-state index < -0.39 is 39.2 Å². The highest BCUT2D eigenvalue weighted by molar-refractivity contribution is 7.89. The molecule has 0 amide bonds. The Morgan fingerprint density at radius 1 is 1.38 bits per heavy atom. The highest BCUT2D eigenvalue weighted by atomic mass is 32.2. The molecule has 0 atom stereocenters. The normalized spacial score (nSPS) is 12.4. The number of nitrogens with zero attached hydrogens (tertiary/aromatic N) is 1. The maximum atomic E-state index is 12.6. The number of carboxylic acids is 1. The van der Waals surface area contributed by atoms with Crippen molar-refractivity contribution in [2.45, 2.75) is 11.1 Å². The van der Waals surface area contributed by atoms with E-state index in [-0.39, 0.29) is 6.54 Å². The molecule has 21 heavy (non-hydrogen) atoms. The third kappa shape index (κ3) is 4.30. The minimum Gasteiger partial charge on any atom is -0.480 e. The van der Waals surface area contributed by atoms with Crippen molar-refractivity contribution in [3.8, 4) is 0 Å². The second kappa shape index (κ2) is 6.27. The molecule has 0 fully saturated rings. The molecule has 0 aromatic heterocycles. The molecule has 1 rings (SSSR count). The van der Waals surface area contributed by atoms with E-state index in [1.165, 1.54) is 0 Å². The number of sulfonamides is 1. The molecule has 0 saturated carbocycles. The molecule has 9 heteroatoms. The Labute approximate surface area is 119 Å². The fraction of sp³-hybridized carbons (Fsp3) is 0.250. The van der Waals surface area contributed by atoms with Crippen molar-refractivity contribution in [1.29, 1.82) is 0 Å². The number of carbonyl (C=O) groups is 1. The molecule has 5 nitrogen and oxygen atoms in total. The van der Waals surface area contributed by atoms with Crippen molar-refractivity contribution in [1.82, 2.24) is 4.31 Å². The zero-order valence-corrected chi connectivity index (χ0v) is 11.5. The summed E-state index contributed by atoms with van der Waals surface area (Å²) in [7, 11) is -4.36. The summed E-state index contributed by atoms with van der Waals surface area (Å²) in [6, 6.07) is 3.12. The summed E-state index contributed by atoms with van der Waals surface area (Å²) < 4.78 is 62.7. The predicted octanol–water partition coefficient (Wildman–Crippen LogP) is 1.97. The number of alkyl halides is 3. The highest BCUT2D eigenvalue weighted by Crippen LogP contribution is 2.31. The molecule has 1 aromatic rings. The fourth-order valence-corrected chi connectivity index (χ4v) is 2.93. The maximum Gasteiger partial charge on any atom is 0.416 e. The molecule has 116 valence electrons. The molecule has 0 aliphatic rings. The summed E-state index contributed by atoms with van der Waals surface area (Å²) in [6.07, 6.45) is -3.55. The number of hydrogen-bond acceptors (Lipinski definition) is 3. The van der Waals surface area contributed by atoms with Crippen LogP contribution < -0.4 is 0 Å². The van der Waals surface area contributed by atoms with E-state index in [1.54, 1.807) is 0 Å². The minimum absolute atomic E-state index is 0.328. The molecule has 0 radical (unpaired) electrons. The van der Waals surface area contributed by atoms with E-state index in [4.69, 9.17) is 5.11 Å². The predicted molar refractivity (Wildman–Crippen MR) is 68.0 cm³/mol. The summed E-state index contributed by atoms with van der Waals surface area (Å²) >= 11 is 0. The lowest BCUT2D eigenvalue weighted by atomic mass is 10.2. The summed E-state index contributed by atoms with van der Waals surface area (Å²) in [4.78, 5) is 10.0. The van der Waals surface area contributed by atoms with Crippen LogP contribution in [0.25, 0.3) is 0 Å². The largest absolute Gasteiger partial charge is 0.480 e. The molecule has 0 saturated heterocycles. The first-order chi connectivity index (χ1) is 9.59. The number of rotatable bonds is 6. The van der Waals surface area contributed by atoms with Gasteiger partial charge in [-0.25, -0.2) is 8.42 Å². The van der Waals surface area contributed by atoms with Crippen molar-refractivity contribution < 1.29 is 31.5 Å². The third-order valence-electron chi connectivity index (χ3n) is 2.44. The van der Waals surface area contributed by atoms with E-state index in [1.807, 2.05) is 0 Å². The van der Waals surface area contributed by atoms with Gasteiger partial charge in [-0.1, -0.05) is 12.1 Å². The van der Waals surface area contributed by atoms with Crippen LogP contribution in [0.15, 0.2) is 41.8 Å². The molecule has 0 spiro atoms. The van der Waals surface area contributed by atoms with Gasteiger partial charge in [-0.05, 0) is 18.2 Å². The topological polar surface area (TPSA) is 74.7 Å². The van der Waals surface area contributed by atoms with Crippen molar-refractivity contribution in [2.24, 2.45) is 0 Å². The quantitative estimate of drug-likeness (QED) is 0.812. The smallest absolute Gasteiger partial charge is 0.416 e. The summed E-state index contributed by atoms with van der Waals surface area (Å²) in [5.41, 5.74) is -1.13. The van der Waals surface area contributed by atoms with Gasteiger partial charge >= 0.3 is 12.1 Å². The van der Waals surface area contributed by atoms with E-state index in [9.17, 15) is 26.4 Å². The van der Waals surface area contributed by atoms with Crippen LogP contribution in [0, 0.1) is 0 Å². The SMILES string of the molecule is C=CCN(CC(=O)O)S(=O)(=O)c1cccc(C(F)(F)F)c1. The summed E-state index contributed by atoms with van der Waals surface area (Å²) in [5.74, 6) is -1.42. The first-order valence-electron chi connectivity index (χ1n) is 5.59. The molecular formula is C12H12F3NO4S. The van der Waals surface area contributed by atoms with E-state index in [0.717, 1.165) is 24.3 Å². The monoisotopic (exact) mass is 323 g/mol. The van der Waals surface area contributed by atoms with Gasteiger partial charge in [0, 0.05) is 6.54 Å². The van der Waals surface area contributed by atoms with Crippen LogP contribution >= 0.6 is 0 Å². The van der Waals surface area contributed by atoms with Gasteiger partial charge in [0.2, 0.25) is 10.0 Å². The van der Waals surface area contributed by atoms with Crippen LogP contribution in [-0.4, -0.2) is 36.9 Å². The zero-order valence-electron chi connectivity index (χ0n) is 10.7. The highest BCUT2D eigenvalue weighted by Gasteiger charge is 2.33. The van der Waals surface area contributed by atoms with Crippen LogP contribution in [0.5, 0.6) is 0 Å². The minimum atomic E-state index is -4.69. The van der Waals surface area contributed by atoms with Crippen molar-refractivity contribution in [3.05, 3.63) is 42.5 Å². The van der Waals surface area contributed by atoms with Crippen LogP contribution in [0.3, 0.4) is 0 Å². The second-order valence-electron chi connectivity index (χ2n) is 4.01. The first-order valence-corrected chi connectivity index (χ1v) is 7.03. The lowest BCUT2D eigenvalue weighted by Crippen LogP contribution is -2.35. The molecule has 0 bridgehead atoms. The Morgan fingerprint density at radius 3 is 2.48 bits per heavy atom. The van der Waals surface area contributed by atoms with Crippen molar-refractivity contribution >= 4 is 16.0 Å². The number of halogens is 3. The Bertz CT molecular complexity index is 640. The number of benzene rings is 1. The molecular weight excluding hydrogens is 311 g/mol. The van der Waals surface area contributed by atoms with Gasteiger partial charge in [0.1, 0.15) is 6.54 Å². The molecule has 1 aromatic carbocycles. The first kappa shape index (κ1) is 17.2. The average Bonchev–Trinajstić information content (AvgIpc) is 2.37. The molecule has 0 aliphatic carbocycles. The van der Waals surface area contributed by atoms with Crippen LogP contribution in [0.4, 0.5) is 13.2 Å². The second-order valence-corrected chi connectivity index (χ2v) is 5.94. The van der Waals surface area contributed by atoms with Crippen LogP contribution in [0.2, 0.25) is 0 Å². The number of aliphatic carboxylic acids is 1. The van der Waals surface area contributed by atoms with Gasteiger partial charge in [0.15, 0.2) is 0 Å². The number of carboxylic acid groups (broad SMARTS) is 1. The van der Waals surface area contributed by atoms with Gasteiger partial charge in [-0.15, -0.1) is 6.58 Å². The van der Waals surface area contributed by atoms with Crippen LogP contribution in [-0.2, 0) is 21.0 Å². The Morgan fingerprint density at radius 2 is 2.00 bits per heavy atom. The number of hydrogen-bond donors (Lipinski definition) is 1. The summed E-state index contributed by atoms with van der Waals surface area (Å²) in [6.45, 7) is 2.09. The van der Waals surface area contributed by atoms with Gasteiger partial charge < -0.3 is 5.11 Å². The van der Waals surface area contributed by atoms with Gasteiger partial charge in [-0.3, -0.25) is 4.79 Å². The Hall–Kier alpha value is -1.87. The molecule has 0 heterocycles. The van der Waals surface area contributed by atoms with E-state index in [0.29, 0.717) is 10.4 Å². The lowest BCUT2D eigenvalue weighted by molar-refractivity contribution is -0.138. The fourth-order valence-electron chi connectivity index (χ4n) is 1.52. The van der Waals surface area contributed by atoms with Crippen molar-refractivity contribution in [2.75, 3.05) is 13.1 Å². The van der Waals surface area contributed by atoms with Crippen molar-refractivity contribution in [3.63, 3.8) is 0 Å². The van der Waals surface area contributed by atoms with E-state index >= 15 is 0 Å². The van der Waals surface area contributed by atoms with Gasteiger partial charge in [-0.2, -0.15) is 17.5 Å². The average molecular weight is 323 g/mol. The summed E-state index contributed by atoms with van der Waals surface area (Å²) in [5, 5.41) is 8.68. The van der Waals surface area contributed by atoms with Gasteiger partial charge in [0.25, 0.3) is 0 Å². The van der Waals surface area contributed by atoms with E-state index in [2.05, 4.69) is 6.58 Å². The third-order valence-corrected chi connectivity index (χ3v) is 4.25. The Balaban J connectivity index is 3.28. The standard InChI is InChI=1S/C12H12F3NO4S/c1-2-6-16(8-11(17)18)21(19,20)10-5-3-4-9(7-10)12(13,14)15/h2-5,7H,1,6,8H2,(H,17,18). The maximum absolute atomic E-state index is 12.6. The molecule has 1 N–H and O–H groups in total. The van der Waals surface area contributed by atoms with Gasteiger partial charge in [0.05, 0.1) is 10.5 Å². The zero-order chi connectivity index (χ0) is 16.3. The molecule has 0 unspecified atom stereocenters. The van der Waals surface area contributed by atoms with Crippen LogP contribution in [0.1, 0.15) is 5.56 Å². The Kier molecular flexibility index (Phi) is 5.13. The lowest BCUT2D eigenvalue weighted by Gasteiger charge is -2.19. The molecule has 0 aliphatic heterocycles.